The minimum atomic E-state index is -0.894. The van der Waals surface area contributed by atoms with E-state index < -0.39 is 5.60 Å². The number of piperidine rings is 1. The Bertz CT molecular complexity index is 761. The van der Waals surface area contributed by atoms with E-state index in [1.165, 1.54) is 0 Å². The number of epoxide rings is 1. The summed E-state index contributed by atoms with van der Waals surface area (Å²) >= 11 is 5.92. The lowest BCUT2D eigenvalue weighted by molar-refractivity contribution is -0.0211. The van der Waals surface area contributed by atoms with E-state index in [4.69, 9.17) is 16.3 Å². The molecule has 1 unspecified atom stereocenters. The normalized spacial score (nSPS) is 21.8. The fourth-order valence-electron chi connectivity index (χ4n) is 3.39. The molecule has 2 aromatic carbocycles. The van der Waals surface area contributed by atoms with Gasteiger partial charge in [-0.05, 0) is 48.2 Å². The number of likely N-dealkylation sites (tertiary alicyclic amines) is 1. The van der Waals surface area contributed by atoms with Gasteiger partial charge in [0.2, 0.25) is 0 Å². The van der Waals surface area contributed by atoms with Gasteiger partial charge < -0.3 is 14.7 Å². The van der Waals surface area contributed by atoms with Crippen LogP contribution in [-0.2, 0) is 10.3 Å². The average molecular weight is 358 g/mol. The fraction of sp³-hybridized carbons (Fsp3) is 0.350. The Morgan fingerprint density at radius 2 is 1.68 bits per heavy atom. The summed E-state index contributed by atoms with van der Waals surface area (Å²) in [6.07, 6.45) is 1.25. The number of carbonyl (C=O) groups excluding carboxylic acids is 1. The second-order valence-electron chi connectivity index (χ2n) is 6.77. The standard InChI is InChI=1S/C20H20ClNO3/c21-17-7-5-16(6-8-17)20(24)9-11-22(12-10-20)19(23)15-3-1-14(2-4-15)18-13-25-18/h1-8,18,24H,9-13H2. The molecule has 130 valence electrons. The Kier molecular flexibility index (Phi) is 4.28. The second-order valence-corrected chi connectivity index (χ2v) is 7.21. The Morgan fingerprint density at radius 1 is 1.08 bits per heavy atom. The summed E-state index contributed by atoms with van der Waals surface area (Å²) in [4.78, 5) is 14.5. The molecule has 2 aliphatic rings. The second kappa shape index (κ2) is 6.45. The van der Waals surface area contributed by atoms with Gasteiger partial charge in [-0.15, -0.1) is 0 Å². The van der Waals surface area contributed by atoms with E-state index in [1.54, 1.807) is 12.1 Å². The quantitative estimate of drug-likeness (QED) is 0.855. The SMILES string of the molecule is O=C(c1ccc(C2CO2)cc1)N1CCC(O)(c2ccc(Cl)cc2)CC1. The average Bonchev–Trinajstić information content (AvgIpc) is 3.48. The van der Waals surface area contributed by atoms with Crippen molar-refractivity contribution in [3.05, 3.63) is 70.2 Å². The number of hydrogen-bond acceptors (Lipinski definition) is 3. The molecule has 25 heavy (non-hydrogen) atoms. The van der Waals surface area contributed by atoms with Crippen LogP contribution < -0.4 is 0 Å². The summed E-state index contributed by atoms with van der Waals surface area (Å²) < 4.78 is 5.25. The van der Waals surface area contributed by atoms with Gasteiger partial charge in [0.05, 0.1) is 12.2 Å². The molecule has 1 atom stereocenters. The molecule has 0 bridgehead atoms. The fourth-order valence-corrected chi connectivity index (χ4v) is 3.52. The number of benzene rings is 2. The van der Waals surface area contributed by atoms with Gasteiger partial charge in [0, 0.05) is 23.7 Å². The first-order chi connectivity index (χ1) is 12.0. The van der Waals surface area contributed by atoms with E-state index >= 15 is 0 Å². The van der Waals surface area contributed by atoms with Crippen LogP contribution in [0.25, 0.3) is 0 Å². The molecule has 2 aromatic rings. The molecule has 4 rings (SSSR count). The Labute approximate surface area is 152 Å². The van der Waals surface area contributed by atoms with Crippen LogP contribution in [0.1, 0.15) is 40.4 Å². The summed E-state index contributed by atoms with van der Waals surface area (Å²) in [6, 6.07) is 14.9. The predicted molar refractivity (Wildman–Crippen MR) is 95.6 cm³/mol. The van der Waals surface area contributed by atoms with Gasteiger partial charge in [-0.1, -0.05) is 35.9 Å². The van der Waals surface area contributed by atoms with Gasteiger partial charge in [-0.3, -0.25) is 4.79 Å². The number of ether oxygens (including phenoxy) is 1. The molecule has 0 aromatic heterocycles. The van der Waals surface area contributed by atoms with Crippen molar-refractivity contribution in [2.75, 3.05) is 19.7 Å². The van der Waals surface area contributed by atoms with Crippen molar-refractivity contribution in [2.45, 2.75) is 24.5 Å². The van der Waals surface area contributed by atoms with Crippen LogP contribution in [0.3, 0.4) is 0 Å². The largest absolute Gasteiger partial charge is 0.385 e. The lowest BCUT2D eigenvalue weighted by atomic mass is 9.84. The van der Waals surface area contributed by atoms with Crippen LogP contribution in [-0.4, -0.2) is 35.6 Å². The molecule has 2 aliphatic heterocycles. The molecule has 2 fully saturated rings. The van der Waals surface area contributed by atoms with E-state index in [0.717, 1.165) is 17.7 Å². The molecule has 0 aliphatic carbocycles. The van der Waals surface area contributed by atoms with Crippen LogP contribution in [0, 0.1) is 0 Å². The van der Waals surface area contributed by atoms with Gasteiger partial charge in [0.25, 0.3) is 5.91 Å². The maximum Gasteiger partial charge on any atom is 0.253 e. The monoisotopic (exact) mass is 357 g/mol. The molecule has 4 nitrogen and oxygen atoms in total. The lowest BCUT2D eigenvalue weighted by Crippen LogP contribution is -2.45. The highest BCUT2D eigenvalue weighted by atomic mass is 35.5. The molecule has 0 saturated carbocycles. The maximum absolute atomic E-state index is 12.7. The highest BCUT2D eigenvalue weighted by Gasteiger charge is 2.35. The maximum atomic E-state index is 12.7. The number of aliphatic hydroxyl groups is 1. The van der Waals surface area contributed by atoms with Crippen LogP contribution in [0.2, 0.25) is 5.02 Å². The van der Waals surface area contributed by atoms with E-state index in [-0.39, 0.29) is 12.0 Å². The Balaban J connectivity index is 1.42. The van der Waals surface area contributed by atoms with Gasteiger partial charge in [-0.2, -0.15) is 0 Å². The van der Waals surface area contributed by atoms with E-state index in [9.17, 15) is 9.90 Å². The third-order valence-corrected chi connectivity index (χ3v) is 5.37. The summed E-state index contributed by atoms with van der Waals surface area (Å²) in [7, 11) is 0. The lowest BCUT2D eigenvalue weighted by Gasteiger charge is -2.38. The minimum Gasteiger partial charge on any atom is -0.385 e. The van der Waals surface area contributed by atoms with Crippen LogP contribution in [0.4, 0.5) is 0 Å². The molecule has 1 N–H and O–H groups in total. The van der Waals surface area contributed by atoms with Crippen molar-refractivity contribution in [2.24, 2.45) is 0 Å². The Hall–Kier alpha value is -1.88. The number of rotatable bonds is 3. The van der Waals surface area contributed by atoms with Gasteiger partial charge in [-0.25, -0.2) is 0 Å². The number of hydrogen-bond donors (Lipinski definition) is 1. The van der Waals surface area contributed by atoms with E-state index in [0.29, 0.717) is 36.5 Å². The third-order valence-electron chi connectivity index (χ3n) is 5.12. The van der Waals surface area contributed by atoms with Crippen molar-refractivity contribution in [1.82, 2.24) is 4.90 Å². The molecule has 2 heterocycles. The first-order valence-corrected chi connectivity index (χ1v) is 8.92. The highest BCUT2D eigenvalue weighted by molar-refractivity contribution is 6.30. The van der Waals surface area contributed by atoms with Crippen LogP contribution in [0.5, 0.6) is 0 Å². The summed E-state index contributed by atoms with van der Waals surface area (Å²) in [5.74, 6) is 0.0152. The number of amides is 1. The van der Waals surface area contributed by atoms with E-state index in [2.05, 4.69) is 0 Å². The van der Waals surface area contributed by atoms with Crippen molar-refractivity contribution >= 4 is 17.5 Å². The topological polar surface area (TPSA) is 53.1 Å². The zero-order valence-electron chi connectivity index (χ0n) is 13.8. The molecule has 0 radical (unpaired) electrons. The summed E-state index contributed by atoms with van der Waals surface area (Å²) in [5, 5.41) is 11.6. The number of nitrogens with zero attached hydrogens (tertiary/aromatic N) is 1. The zero-order chi connectivity index (χ0) is 17.4. The molecule has 1 amide bonds. The summed E-state index contributed by atoms with van der Waals surface area (Å²) in [5.41, 5.74) is 1.76. The number of halogens is 1. The van der Waals surface area contributed by atoms with E-state index in [1.807, 2.05) is 41.3 Å². The zero-order valence-corrected chi connectivity index (χ0v) is 14.6. The molecule has 5 heteroatoms. The molecule has 0 spiro atoms. The summed E-state index contributed by atoms with van der Waals surface area (Å²) in [6.45, 7) is 1.83. The molecular formula is C20H20ClNO3. The van der Waals surface area contributed by atoms with Gasteiger partial charge in [0.15, 0.2) is 0 Å². The first kappa shape index (κ1) is 16.6. The molecular weight excluding hydrogens is 338 g/mol. The smallest absolute Gasteiger partial charge is 0.253 e. The third kappa shape index (κ3) is 3.43. The van der Waals surface area contributed by atoms with Gasteiger partial charge in [0.1, 0.15) is 6.10 Å². The van der Waals surface area contributed by atoms with Crippen molar-refractivity contribution in [1.29, 1.82) is 0 Å². The molecule has 2 saturated heterocycles. The first-order valence-electron chi connectivity index (χ1n) is 8.54. The Morgan fingerprint density at radius 3 is 2.24 bits per heavy atom. The van der Waals surface area contributed by atoms with Crippen LogP contribution in [0.15, 0.2) is 48.5 Å². The van der Waals surface area contributed by atoms with Crippen molar-refractivity contribution in [3.8, 4) is 0 Å². The van der Waals surface area contributed by atoms with Crippen molar-refractivity contribution < 1.29 is 14.6 Å². The number of carbonyl (C=O) groups is 1. The highest BCUT2D eigenvalue weighted by Crippen LogP contribution is 2.34. The minimum absolute atomic E-state index is 0.0152. The van der Waals surface area contributed by atoms with Gasteiger partial charge >= 0.3 is 0 Å². The van der Waals surface area contributed by atoms with Crippen molar-refractivity contribution in [3.63, 3.8) is 0 Å². The van der Waals surface area contributed by atoms with Crippen LogP contribution >= 0.6 is 11.6 Å². The predicted octanol–water partition coefficient (Wildman–Crippen LogP) is 3.54.